The molecule has 0 unspecified atom stereocenters. The number of carbonyl (C=O) groups is 3. The van der Waals surface area contributed by atoms with Crippen molar-refractivity contribution in [2.75, 3.05) is 50.5 Å². The van der Waals surface area contributed by atoms with Gasteiger partial charge < -0.3 is 35.5 Å². The first kappa shape index (κ1) is 34.1. The summed E-state index contributed by atoms with van der Waals surface area (Å²) < 4.78 is 16.4. The van der Waals surface area contributed by atoms with Crippen LogP contribution in [0.5, 0.6) is 11.5 Å². The number of likely N-dealkylation sites (tertiary alicyclic amines) is 1. The Morgan fingerprint density at radius 1 is 1.00 bits per heavy atom. The Labute approximate surface area is 258 Å². The van der Waals surface area contributed by atoms with Gasteiger partial charge in [-0.1, -0.05) is 12.2 Å². The van der Waals surface area contributed by atoms with Crippen LogP contribution in [-0.4, -0.2) is 78.5 Å². The van der Waals surface area contributed by atoms with Crippen molar-refractivity contribution in [2.24, 2.45) is 11.7 Å². The maximum absolute atomic E-state index is 12.2. The van der Waals surface area contributed by atoms with Crippen molar-refractivity contribution in [1.82, 2.24) is 4.90 Å². The Bertz CT molecular complexity index is 1480. The van der Waals surface area contributed by atoms with Gasteiger partial charge in [-0.15, -0.1) is 0 Å². The van der Waals surface area contributed by atoms with E-state index < -0.39 is 27.0 Å². The van der Waals surface area contributed by atoms with Crippen LogP contribution in [0, 0.1) is 26.1 Å². The lowest BCUT2D eigenvalue weighted by Gasteiger charge is -2.39. The smallest absolute Gasteiger partial charge is 0.410 e. The van der Waals surface area contributed by atoms with Gasteiger partial charge in [0.2, 0.25) is 5.91 Å². The van der Waals surface area contributed by atoms with Crippen molar-refractivity contribution in [1.29, 1.82) is 0 Å². The number of nitrogens with zero attached hydrogens (tertiary/aromatic N) is 3. The number of nitrogens with two attached hydrogens (primary N) is 1. The third-order valence-electron chi connectivity index (χ3n) is 6.57. The van der Waals surface area contributed by atoms with Crippen LogP contribution in [0.1, 0.15) is 47.9 Å². The van der Waals surface area contributed by atoms with Gasteiger partial charge in [0.1, 0.15) is 23.4 Å². The number of carbonyl (C=O) groups excluding carboxylic acids is 3. The maximum Gasteiger partial charge on any atom is 0.410 e. The zero-order valence-corrected chi connectivity index (χ0v) is 25.4. The number of nitro benzene ring substituents is 2. The lowest BCUT2D eigenvalue weighted by Crippen LogP contribution is -2.51. The van der Waals surface area contributed by atoms with Gasteiger partial charge in [-0.3, -0.25) is 29.8 Å². The highest BCUT2D eigenvalue weighted by Gasteiger charge is 2.33. The number of ether oxygens (including phenoxy) is 3. The van der Waals surface area contributed by atoms with E-state index in [0.717, 1.165) is 12.1 Å². The number of nitro groups is 2. The molecule has 0 bridgehead atoms. The average molecular weight is 629 g/mol. The molecule has 0 spiro atoms. The first-order chi connectivity index (χ1) is 21.2. The van der Waals surface area contributed by atoms with Crippen molar-refractivity contribution >= 4 is 41.0 Å². The Hall–Kier alpha value is -5.41. The third-order valence-corrected chi connectivity index (χ3v) is 6.57. The van der Waals surface area contributed by atoms with Gasteiger partial charge in [0, 0.05) is 49.4 Å². The van der Waals surface area contributed by atoms with E-state index >= 15 is 0 Å². The van der Waals surface area contributed by atoms with E-state index in [1.165, 1.54) is 19.2 Å². The maximum atomic E-state index is 12.2. The van der Waals surface area contributed by atoms with Crippen LogP contribution in [0.15, 0.2) is 36.4 Å². The molecule has 1 heterocycles. The largest absolute Gasteiger partial charge is 0.494 e. The second-order valence-corrected chi connectivity index (χ2v) is 11.1. The molecule has 0 aliphatic carbocycles. The summed E-state index contributed by atoms with van der Waals surface area (Å²) in [4.78, 5) is 58.8. The molecule has 45 heavy (non-hydrogen) atoms. The highest BCUT2D eigenvalue weighted by Crippen LogP contribution is 2.37. The van der Waals surface area contributed by atoms with Crippen molar-refractivity contribution in [3.63, 3.8) is 0 Å². The number of hydrogen-bond acceptors (Lipinski definition) is 12. The Kier molecular flexibility index (Phi) is 11.3. The van der Waals surface area contributed by atoms with Crippen molar-refractivity contribution in [3.8, 4) is 11.5 Å². The fourth-order valence-electron chi connectivity index (χ4n) is 4.40. The Balaban J connectivity index is 1.63. The number of primary amides is 1. The van der Waals surface area contributed by atoms with Gasteiger partial charge in [-0.05, 0) is 45.2 Å². The molecule has 1 aliphatic heterocycles. The number of nitrogens with one attached hydrogen (secondary N) is 2. The monoisotopic (exact) mass is 628 g/mol. The topological polar surface area (TPSA) is 218 Å². The molecule has 0 aromatic heterocycles. The predicted octanol–water partition coefficient (Wildman–Crippen LogP) is 4.14. The molecule has 1 aliphatic rings. The first-order valence-corrected chi connectivity index (χ1v) is 13.9. The van der Waals surface area contributed by atoms with Gasteiger partial charge in [-0.25, -0.2) is 4.79 Å². The van der Waals surface area contributed by atoms with Crippen LogP contribution >= 0.6 is 0 Å². The highest BCUT2D eigenvalue weighted by atomic mass is 16.6. The molecule has 4 N–H and O–H groups in total. The first-order valence-electron chi connectivity index (χ1n) is 13.9. The molecule has 0 radical (unpaired) electrons. The fourth-order valence-corrected chi connectivity index (χ4v) is 4.40. The van der Waals surface area contributed by atoms with E-state index in [9.17, 15) is 34.6 Å². The molecule has 2 aromatic carbocycles. The minimum Gasteiger partial charge on any atom is -0.494 e. The van der Waals surface area contributed by atoms with E-state index in [1.54, 1.807) is 37.8 Å². The summed E-state index contributed by atoms with van der Waals surface area (Å²) >= 11 is 0. The minimum atomic E-state index is -0.847. The molecule has 1 fully saturated rings. The van der Waals surface area contributed by atoms with Crippen molar-refractivity contribution < 1.29 is 38.4 Å². The molecule has 2 aromatic rings. The molecule has 3 rings (SSSR count). The molecular weight excluding hydrogens is 592 g/mol. The SMILES string of the molecule is COc1cc(C(N)=O)cc([N+](=O)[O-])c1NC/C=C/CNc1c(OCCC2CN(C(=O)OC(C)(C)C)C2)cc(C=O)cc1[N+](=O)[O-]. The number of methoxy groups -OCH3 is 1. The summed E-state index contributed by atoms with van der Waals surface area (Å²) in [5.74, 6) is -0.511. The van der Waals surface area contributed by atoms with Crippen LogP contribution < -0.4 is 25.8 Å². The zero-order valence-electron chi connectivity index (χ0n) is 25.4. The lowest BCUT2D eigenvalue weighted by molar-refractivity contribution is -0.384. The van der Waals surface area contributed by atoms with Crippen LogP contribution in [0.25, 0.3) is 0 Å². The number of amides is 2. The molecule has 2 amide bonds. The average Bonchev–Trinajstić information content (AvgIpc) is 2.94. The van der Waals surface area contributed by atoms with Crippen molar-refractivity contribution in [2.45, 2.75) is 32.8 Å². The van der Waals surface area contributed by atoms with E-state index in [4.69, 9.17) is 19.9 Å². The van der Waals surface area contributed by atoms with E-state index in [2.05, 4.69) is 10.6 Å². The number of hydrogen-bond donors (Lipinski definition) is 3. The van der Waals surface area contributed by atoms with Gasteiger partial charge >= 0.3 is 6.09 Å². The van der Waals surface area contributed by atoms with Crippen LogP contribution in [-0.2, 0) is 4.74 Å². The Morgan fingerprint density at radius 2 is 1.58 bits per heavy atom. The van der Waals surface area contributed by atoms with Crippen LogP contribution in [0.4, 0.5) is 27.5 Å². The van der Waals surface area contributed by atoms with E-state index in [0.29, 0.717) is 25.8 Å². The highest BCUT2D eigenvalue weighted by molar-refractivity contribution is 5.95. The second kappa shape index (κ2) is 14.9. The van der Waals surface area contributed by atoms with Crippen LogP contribution in [0.2, 0.25) is 0 Å². The van der Waals surface area contributed by atoms with Gasteiger partial charge in [0.15, 0.2) is 11.4 Å². The normalized spacial score (nSPS) is 13.1. The third kappa shape index (κ3) is 9.29. The standard InChI is InChI=1S/C29H36N6O10/c1-29(2,3)45-28(38)33-15-18(16-33)7-10-44-24-12-19(17-36)11-21(34(39)40)26(24)32-9-6-5-8-31-25-22(35(41)42)13-20(27(30)37)14-23(25)43-4/h5-6,11-14,17-18,31-32H,7-10,15-16H2,1-4H3,(H2,30,37)/b6-5+. The van der Waals surface area contributed by atoms with Crippen molar-refractivity contribution in [3.05, 3.63) is 67.8 Å². The van der Waals surface area contributed by atoms with E-state index in [-0.39, 0.29) is 71.4 Å². The summed E-state index contributed by atoms with van der Waals surface area (Å²) in [6.07, 6.45) is 3.92. The number of benzene rings is 2. The molecule has 0 saturated carbocycles. The fraction of sp³-hybridized carbons (Fsp3) is 0.414. The zero-order chi connectivity index (χ0) is 33.3. The summed E-state index contributed by atoms with van der Waals surface area (Å²) in [6.45, 7) is 6.78. The quantitative estimate of drug-likeness (QED) is 0.110. The summed E-state index contributed by atoms with van der Waals surface area (Å²) in [7, 11) is 1.29. The minimum absolute atomic E-state index is 0.0431. The summed E-state index contributed by atoms with van der Waals surface area (Å²) in [5, 5.41) is 29.2. The molecule has 0 atom stereocenters. The van der Waals surface area contributed by atoms with Crippen LogP contribution in [0.3, 0.4) is 0 Å². The summed E-state index contributed by atoms with van der Waals surface area (Å²) in [6, 6.07) is 4.88. The Morgan fingerprint density at radius 3 is 2.09 bits per heavy atom. The number of rotatable bonds is 15. The number of aldehydes is 1. The molecular formula is C29H36N6O10. The molecule has 242 valence electrons. The van der Waals surface area contributed by atoms with E-state index in [1.807, 2.05) is 0 Å². The predicted molar refractivity (Wildman–Crippen MR) is 164 cm³/mol. The molecule has 1 saturated heterocycles. The van der Waals surface area contributed by atoms with Gasteiger partial charge in [0.05, 0.1) is 23.6 Å². The second-order valence-electron chi connectivity index (χ2n) is 11.1. The number of anilines is 2. The molecule has 16 heteroatoms. The molecule has 16 nitrogen and oxygen atoms in total. The van der Waals surface area contributed by atoms with Gasteiger partial charge in [-0.2, -0.15) is 0 Å². The lowest BCUT2D eigenvalue weighted by atomic mass is 9.97. The summed E-state index contributed by atoms with van der Waals surface area (Å²) in [5.41, 5.74) is 4.02. The van der Waals surface area contributed by atoms with Gasteiger partial charge in [0.25, 0.3) is 11.4 Å².